The Morgan fingerprint density at radius 3 is 2.24 bits per heavy atom. The van der Waals surface area contributed by atoms with Gasteiger partial charge in [0.15, 0.2) is 0 Å². The predicted molar refractivity (Wildman–Crippen MR) is 82.7 cm³/mol. The zero-order valence-corrected chi connectivity index (χ0v) is 13.7. The van der Waals surface area contributed by atoms with Crippen LogP contribution in [0.2, 0.25) is 0 Å². The van der Waals surface area contributed by atoms with Gasteiger partial charge >= 0.3 is 0 Å². The minimum atomic E-state index is -3.53. The number of hydrogen-bond donors (Lipinski definition) is 1. The highest BCUT2D eigenvalue weighted by molar-refractivity contribution is 7.89. The number of sulfonamides is 1. The van der Waals surface area contributed by atoms with E-state index in [4.69, 9.17) is 15.2 Å². The molecular formula is C13H21ClN2O4S. The second-order valence-electron chi connectivity index (χ2n) is 4.80. The van der Waals surface area contributed by atoms with E-state index in [-0.39, 0.29) is 23.2 Å². The fourth-order valence-electron chi connectivity index (χ4n) is 2.29. The van der Waals surface area contributed by atoms with Crippen LogP contribution in [0.3, 0.4) is 0 Å². The molecule has 2 rings (SSSR count). The molecule has 0 amide bonds. The van der Waals surface area contributed by atoms with Crippen LogP contribution in [0.4, 0.5) is 0 Å². The summed E-state index contributed by atoms with van der Waals surface area (Å²) in [6.07, 6.45) is 0.802. The first kappa shape index (κ1) is 18.0. The molecule has 1 aromatic rings. The van der Waals surface area contributed by atoms with Crippen LogP contribution in [0.1, 0.15) is 6.42 Å². The summed E-state index contributed by atoms with van der Waals surface area (Å²) < 4.78 is 36.9. The number of nitrogens with zero attached hydrogens (tertiary/aromatic N) is 1. The van der Waals surface area contributed by atoms with Crippen molar-refractivity contribution in [2.75, 3.05) is 33.9 Å². The number of methoxy groups -OCH3 is 2. The van der Waals surface area contributed by atoms with E-state index in [0.29, 0.717) is 31.1 Å². The molecular weight excluding hydrogens is 316 g/mol. The Labute approximate surface area is 131 Å². The van der Waals surface area contributed by atoms with Gasteiger partial charge in [-0.2, -0.15) is 4.31 Å². The highest BCUT2D eigenvalue weighted by Crippen LogP contribution is 2.29. The Balaban J connectivity index is 0.00000220. The van der Waals surface area contributed by atoms with E-state index >= 15 is 0 Å². The van der Waals surface area contributed by atoms with E-state index in [0.717, 1.165) is 6.42 Å². The zero-order valence-electron chi connectivity index (χ0n) is 12.1. The third-order valence-electron chi connectivity index (χ3n) is 3.54. The van der Waals surface area contributed by atoms with Crippen molar-refractivity contribution in [3.05, 3.63) is 18.2 Å². The maximum atomic E-state index is 12.6. The molecule has 2 N–H and O–H groups in total. The van der Waals surface area contributed by atoms with E-state index in [1.807, 2.05) is 0 Å². The second kappa shape index (κ2) is 7.31. The van der Waals surface area contributed by atoms with Crippen molar-refractivity contribution < 1.29 is 17.9 Å². The quantitative estimate of drug-likeness (QED) is 0.870. The van der Waals surface area contributed by atoms with E-state index in [1.54, 1.807) is 6.07 Å². The van der Waals surface area contributed by atoms with Crippen molar-refractivity contribution in [1.29, 1.82) is 0 Å². The van der Waals surface area contributed by atoms with Crippen molar-refractivity contribution >= 4 is 22.4 Å². The number of hydrogen-bond acceptors (Lipinski definition) is 5. The van der Waals surface area contributed by atoms with Gasteiger partial charge in [-0.25, -0.2) is 8.42 Å². The molecule has 0 saturated carbocycles. The van der Waals surface area contributed by atoms with Crippen LogP contribution in [0.25, 0.3) is 0 Å². The van der Waals surface area contributed by atoms with Crippen LogP contribution in [0.15, 0.2) is 23.1 Å². The first-order valence-corrected chi connectivity index (χ1v) is 7.88. The Morgan fingerprint density at radius 1 is 1.24 bits per heavy atom. The third kappa shape index (κ3) is 3.79. The Morgan fingerprint density at radius 2 is 1.81 bits per heavy atom. The topological polar surface area (TPSA) is 81.9 Å². The predicted octanol–water partition coefficient (Wildman–Crippen LogP) is 1.09. The van der Waals surface area contributed by atoms with Crippen LogP contribution in [0.5, 0.6) is 11.5 Å². The molecule has 6 nitrogen and oxygen atoms in total. The monoisotopic (exact) mass is 336 g/mol. The third-order valence-corrected chi connectivity index (χ3v) is 5.39. The first-order chi connectivity index (χ1) is 9.51. The SMILES string of the molecule is COc1cc(OC)cc(S(=O)(=O)N2CCC(CN)C2)c1.Cl. The van der Waals surface area contributed by atoms with Gasteiger partial charge < -0.3 is 15.2 Å². The molecule has 1 heterocycles. The lowest BCUT2D eigenvalue weighted by Gasteiger charge is -2.17. The number of ether oxygens (including phenoxy) is 2. The Bertz CT molecular complexity index is 557. The number of nitrogens with two attached hydrogens (primary N) is 1. The lowest BCUT2D eigenvalue weighted by atomic mass is 10.1. The van der Waals surface area contributed by atoms with Gasteiger partial charge in [0.25, 0.3) is 0 Å². The van der Waals surface area contributed by atoms with E-state index in [1.165, 1.54) is 30.7 Å². The summed E-state index contributed by atoms with van der Waals surface area (Å²) in [4.78, 5) is 0.186. The fraction of sp³-hybridized carbons (Fsp3) is 0.538. The van der Waals surface area contributed by atoms with Gasteiger partial charge in [-0.1, -0.05) is 0 Å². The lowest BCUT2D eigenvalue weighted by Crippen LogP contribution is -2.30. The maximum absolute atomic E-state index is 12.6. The van der Waals surface area contributed by atoms with Gasteiger partial charge in [-0.3, -0.25) is 0 Å². The number of rotatable bonds is 5. The summed E-state index contributed by atoms with van der Waals surface area (Å²) in [6.45, 7) is 1.48. The van der Waals surface area contributed by atoms with Crippen LogP contribution < -0.4 is 15.2 Å². The molecule has 1 aromatic carbocycles. The van der Waals surface area contributed by atoms with Gasteiger partial charge in [0.1, 0.15) is 11.5 Å². The highest BCUT2D eigenvalue weighted by Gasteiger charge is 2.32. The Hall–Kier alpha value is -1.02. The molecule has 21 heavy (non-hydrogen) atoms. The summed E-state index contributed by atoms with van der Waals surface area (Å²) in [5.41, 5.74) is 5.61. The molecule has 120 valence electrons. The number of benzene rings is 1. The summed E-state index contributed by atoms with van der Waals surface area (Å²) in [5.74, 6) is 1.15. The molecule has 0 radical (unpaired) electrons. The van der Waals surface area contributed by atoms with Crippen LogP contribution in [-0.2, 0) is 10.0 Å². The van der Waals surface area contributed by atoms with Crippen molar-refractivity contribution in [3.63, 3.8) is 0 Å². The van der Waals surface area contributed by atoms with Gasteiger partial charge in [0.05, 0.1) is 19.1 Å². The molecule has 0 aliphatic carbocycles. The van der Waals surface area contributed by atoms with Crippen LogP contribution in [-0.4, -0.2) is 46.6 Å². The summed E-state index contributed by atoms with van der Waals surface area (Å²) in [6, 6.07) is 4.66. The summed E-state index contributed by atoms with van der Waals surface area (Å²) in [7, 11) is -0.546. The molecule has 1 unspecified atom stereocenters. The van der Waals surface area contributed by atoms with E-state index in [9.17, 15) is 8.42 Å². The molecule has 1 fully saturated rings. The molecule has 0 aromatic heterocycles. The number of halogens is 1. The molecule has 1 atom stereocenters. The summed E-state index contributed by atoms with van der Waals surface area (Å²) in [5, 5.41) is 0. The largest absolute Gasteiger partial charge is 0.497 e. The highest BCUT2D eigenvalue weighted by atomic mass is 35.5. The smallest absolute Gasteiger partial charge is 0.243 e. The molecule has 1 aliphatic heterocycles. The molecule has 0 spiro atoms. The first-order valence-electron chi connectivity index (χ1n) is 6.44. The minimum absolute atomic E-state index is 0. The molecule has 8 heteroatoms. The average Bonchev–Trinajstić information content (AvgIpc) is 2.96. The van der Waals surface area contributed by atoms with Crippen LogP contribution in [0, 0.1) is 5.92 Å². The van der Waals surface area contributed by atoms with Crippen molar-refractivity contribution in [2.45, 2.75) is 11.3 Å². The molecule has 0 bridgehead atoms. The standard InChI is InChI=1S/C13H20N2O4S.ClH/c1-18-11-5-12(19-2)7-13(6-11)20(16,17)15-4-3-10(8-14)9-15;/h5-7,10H,3-4,8-9,14H2,1-2H3;1H. The summed E-state index contributed by atoms with van der Waals surface area (Å²) >= 11 is 0. The van der Waals surface area contributed by atoms with Crippen molar-refractivity contribution in [3.8, 4) is 11.5 Å². The fourth-order valence-corrected chi connectivity index (χ4v) is 3.87. The minimum Gasteiger partial charge on any atom is -0.497 e. The maximum Gasteiger partial charge on any atom is 0.243 e. The van der Waals surface area contributed by atoms with Gasteiger partial charge in [0.2, 0.25) is 10.0 Å². The normalized spacial score (nSPS) is 19.1. The van der Waals surface area contributed by atoms with Gasteiger partial charge in [-0.15, -0.1) is 12.4 Å². The van der Waals surface area contributed by atoms with E-state index < -0.39 is 10.0 Å². The second-order valence-corrected chi connectivity index (χ2v) is 6.74. The van der Waals surface area contributed by atoms with E-state index in [2.05, 4.69) is 0 Å². The van der Waals surface area contributed by atoms with Gasteiger partial charge in [0, 0.05) is 31.3 Å². The zero-order chi connectivity index (χ0) is 14.8. The lowest BCUT2D eigenvalue weighted by molar-refractivity contribution is 0.391. The molecule has 1 aliphatic rings. The van der Waals surface area contributed by atoms with Crippen molar-refractivity contribution in [1.82, 2.24) is 4.31 Å². The Kier molecular flexibility index (Phi) is 6.27. The average molecular weight is 337 g/mol. The van der Waals surface area contributed by atoms with Gasteiger partial charge in [-0.05, 0) is 18.9 Å². The van der Waals surface area contributed by atoms with Crippen molar-refractivity contribution in [2.24, 2.45) is 11.7 Å². The van der Waals surface area contributed by atoms with Crippen LogP contribution >= 0.6 is 12.4 Å². The molecule has 1 saturated heterocycles.